The highest BCUT2D eigenvalue weighted by Crippen LogP contribution is 2.29. The van der Waals surface area contributed by atoms with Crippen molar-refractivity contribution in [2.45, 2.75) is 38.6 Å². The van der Waals surface area contributed by atoms with Crippen LogP contribution < -0.4 is 10.6 Å². The molecule has 2 atom stereocenters. The maximum absolute atomic E-state index is 6.10. The van der Waals surface area contributed by atoms with Gasteiger partial charge in [-0.05, 0) is 31.6 Å². The topological polar surface area (TPSA) is 55.0 Å². The van der Waals surface area contributed by atoms with Gasteiger partial charge in [0.15, 0.2) is 0 Å². The van der Waals surface area contributed by atoms with E-state index in [0.717, 1.165) is 31.7 Å². The molecule has 3 rings (SSSR count). The van der Waals surface area contributed by atoms with E-state index in [4.69, 9.17) is 5.73 Å². The largest absolute Gasteiger partial charge is 0.354 e. The molecule has 1 aromatic rings. The molecule has 1 aromatic heterocycles. The number of aryl methyl sites for hydroxylation is 1. The van der Waals surface area contributed by atoms with E-state index in [2.05, 4.69) is 21.8 Å². The van der Waals surface area contributed by atoms with Gasteiger partial charge in [-0.25, -0.2) is 9.97 Å². The Morgan fingerprint density at radius 2 is 2.06 bits per heavy atom. The van der Waals surface area contributed by atoms with E-state index in [9.17, 15) is 0 Å². The number of hydrogen-bond acceptors (Lipinski definition) is 4. The quantitative estimate of drug-likeness (QED) is 0.789. The monoisotopic (exact) mass is 232 g/mol. The minimum atomic E-state index is 0.282. The average Bonchev–Trinajstić information content (AvgIpc) is 2.69. The molecule has 92 valence electrons. The van der Waals surface area contributed by atoms with Gasteiger partial charge in [-0.2, -0.15) is 0 Å². The maximum atomic E-state index is 6.10. The van der Waals surface area contributed by atoms with Crippen LogP contribution in [0, 0.1) is 5.92 Å². The molecule has 2 heterocycles. The number of aromatic nitrogens is 2. The van der Waals surface area contributed by atoms with Crippen molar-refractivity contribution < 1.29 is 0 Å². The van der Waals surface area contributed by atoms with Crippen LogP contribution in [0.1, 0.15) is 31.0 Å². The van der Waals surface area contributed by atoms with E-state index in [1.54, 1.807) is 6.33 Å². The highest BCUT2D eigenvalue weighted by Gasteiger charge is 2.29. The molecular formula is C13H20N4. The molecule has 1 aliphatic heterocycles. The van der Waals surface area contributed by atoms with Crippen molar-refractivity contribution in [3.63, 3.8) is 0 Å². The summed E-state index contributed by atoms with van der Waals surface area (Å²) in [6.07, 6.45) is 6.49. The molecule has 17 heavy (non-hydrogen) atoms. The lowest BCUT2D eigenvalue weighted by Gasteiger charge is -2.24. The fraction of sp³-hybridized carbons (Fsp3) is 0.692. The molecule has 0 saturated carbocycles. The molecule has 2 aliphatic rings. The lowest BCUT2D eigenvalue weighted by atomic mass is 9.96. The standard InChI is InChI=1S/C13H20N4/c1-9-6-17(7-11(9)14)13-10-4-2-3-5-12(10)15-8-16-13/h8-9,11H,2-7,14H2,1H3. The van der Waals surface area contributed by atoms with Gasteiger partial charge in [0.05, 0.1) is 0 Å². The Morgan fingerprint density at radius 1 is 1.24 bits per heavy atom. The third-order valence-corrected chi connectivity index (χ3v) is 4.07. The summed E-state index contributed by atoms with van der Waals surface area (Å²) in [4.78, 5) is 11.3. The van der Waals surface area contributed by atoms with Gasteiger partial charge >= 0.3 is 0 Å². The summed E-state index contributed by atoms with van der Waals surface area (Å²) in [5.74, 6) is 1.71. The van der Waals surface area contributed by atoms with E-state index in [-0.39, 0.29) is 6.04 Å². The summed E-state index contributed by atoms with van der Waals surface area (Å²) >= 11 is 0. The Hall–Kier alpha value is -1.16. The van der Waals surface area contributed by atoms with Crippen molar-refractivity contribution in [1.29, 1.82) is 0 Å². The highest BCUT2D eigenvalue weighted by molar-refractivity contribution is 5.50. The summed E-state index contributed by atoms with van der Waals surface area (Å²) in [7, 11) is 0. The number of anilines is 1. The van der Waals surface area contributed by atoms with Crippen LogP contribution in [0.5, 0.6) is 0 Å². The second kappa shape index (κ2) is 4.26. The zero-order valence-electron chi connectivity index (χ0n) is 10.4. The molecule has 0 aromatic carbocycles. The van der Waals surface area contributed by atoms with Crippen molar-refractivity contribution in [3.8, 4) is 0 Å². The van der Waals surface area contributed by atoms with E-state index < -0.39 is 0 Å². The van der Waals surface area contributed by atoms with Crippen LogP contribution in [-0.2, 0) is 12.8 Å². The smallest absolute Gasteiger partial charge is 0.135 e. The number of nitrogens with zero attached hydrogens (tertiary/aromatic N) is 3. The first-order valence-corrected chi connectivity index (χ1v) is 6.59. The molecule has 0 spiro atoms. The van der Waals surface area contributed by atoms with Crippen LogP contribution >= 0.6 is 0 Å². The number of hydrogen-bond donors (Lipinski definition) is 1. The first kappa shape index (κ1) is 11.0. The zero-order chi connectivity index (χ0) is 11.8. The first-order valence-electron chi connectivity index (χ1n) is 6.59. The van der Waals surface area contributed by atoms with Gasteiger partial charge in [-0.3, -0.25) is 0 Å². The van der Waals surface area contributed by atoms with E-state index in [0.29, 0.717) is 5.92 Å². The lowest BCUT2D eigenvalue weighted by molar-refractivity contribution is 0.565. The minimum Gasteiger partial charge on any atom is -0.354 e. The van der Waals surface area contributed by atoms with Gasteiger partial charge in [0.1, 0.15) is 12.1 Å². The van der Waals surface area contributed by atoms with Crippen LogP contribution in [-0.4, -0.2) is 29.1 Å². The zero-order valence-corrected chi connectivity index (χ0v) is 10.4. The van der Waals surface area contributed by atoms with Crippen LogP contribution in [0.15, 0.2) is 6.33 Å². The fourth-order valence-corrected chi connectivity index (χ4v) is 2.94. The SMILES string of the molecule is CC1CN(c2ncnc3c2CCCC3)CC1N. The Bertz CT molecular complexity index is 408. The van der Waals surface area contributed by atoms with Gasteiger partial charge in [-0.15, -0.1) is 0 Å². The van der Waals surface area contributed by atoms with E-state index >= 15 is 0 Å². The predicted octanol–water partition coefficient (Wildman–Crippen LogP) is 1.14. The van der Waals surface area contributed by atoms with E-state index in [1.807, 2.05) is 0 Å². The summed E-state index contributed by atoms with van der Waals surface area (Å²) in [6.45, 7) is 4.19. The predicted molar refractivity (Wildman–Crippen MR) is 68.0 cm³/mol. The van der Waals surface area contributed by atoms with Crippen LogP contribution in [0.4, 0.5) is 5.82 Å². The number of nitrogens with two attached hydrogens (primary N) is 1. The van der Waals surface area contributed by atoms with Gasteiger partial charge in [0.2, 0.25) is 0 Å². The molecule has 1 saturated heterocycles. The van der Waals surface area contributed by atoms with Gasteiger partial charge in [0.25, 0.3) is 0 Å². The maximum Gasteiger partial charge on any atom is 0.135 e. The lowest BCUT2D eigenvalue weighted by Crippen LogP contribution is -2.29. The highest BCUT2D eigenvalue weighted by atomic mass is 15.2. The Labute approximate surface area is 102 Å². The molecule has 0 bridgehead atoms. The number of fused-ring (bicyclic) bond motifs is 1. The van der Waals surface area contributed by atoms with Crippen LogP contribution in [0.2, 0.25) is 0 Å². The van der Waals surface area contributed by atoms with Gasteiger partial charge in [0, 0.05) is 30.4 Å². The van der Waals surface area contributed by atoms with Crippen molar-refractivity contribution in [2.75, 3.05) is 18.0 Å². The fourth-order valence-electron chi connectivity index (χ4n) is 2.94. The molecule has 0 radical (unpaired) electrons. The minimum absolute atomic E-state index is 0.282. The van der Waals surface area contributed by atoms with Crippen LogP contribution in [0.25, 0.3) is 0 Å². The third kappa shape index (κ3) is 1.90. The Kier molecular flexibility index (Phi) is 2.74. The van der Waals surface area contributed by atoms with Crippen molar-refractivity contribution >= 4 is 5.82 Å². The molecule has 2 unspecified atom stereocenters. The second-order valence-electron chi connectivity index (χ2n) is 5.38. The molecule has 4 nitrogen and oxygen atoms in total. The molecule has 1 aliphatic carbocycles. The van der Waals surface area contributed by atoms with Crippen LogP contribution in [0.3, 0.4) is 0 Å². The third-order valence-electron chi connectivity index (χ3n) is 4.07. The molecule has 0 amide bonds. The summed E-state index contributed by atoms with van der Waals surface area (Å²) < 4.78 is 0. The summed E-state index contributed by atoms with van der Waals surface area (Å²) in [5.41, 5.74) is 8.73. The summed E-state index contributed by atoms with van der Waals surface area (Å²) in [6, 6.07) is 0.282. The molecule has 4 heteroatoms. The van der Waals surface area contributed by atoms with E-state index in [1.165, 1.54) is 24.1 Å². The number of rotatable bonds is 1. The second-order valence-corrected chi connectivity index (χ2v) is 5.38. The van der Waals surface area contributed by atoms with Gasteiger partial charge in [-0.1, -0.05) is 6.92 Å². The van der Waals surface area contributed by atoms with Crippen molar-refractivity contribution in [2.24, 2.45) is 11.7 Å². The van der Waals surface area contributed by atoms with Gasteiger partial charge < -0.3 is 10.6 Å². The average molecular weight is 232 g/mol. The molecule has 2 N–H and O–H groups in total. The summed E-state index contributed by atoms with van der Waals surface area (Å²) in [5, 5.41) is 0. The molecule has 1 fully saturated rings. The Morgan fingerprint density at radius 3 is 2.82 bits per heavy atom. The molecular weight excluding hydrogens is 212 g/mol. The van der Waals surface area contributed by atoms with Crippen molar-refractivity contribution in [1.82, 2.24) is 9.97 Å². The first-order chi connectivity index (χ1) is 8.25. The normalized spacial score (nSPS) is 28.2. The Balaban J connectivity index is 1.93. The van der Waals surface area contributed by atoms with Crippen molar-refractivity contribution in [3.05, 3.63) is 17.6 Å².